The predicted octanol–water partition coefficient (Wildman–Crippen LogP) is 5.77. The number of carboxylic acids is 1. The van der Waals surface area contributed by atoms with Gasteiger partial charge in [0, 0.05) is 22.2 Å². The van der Waals surface area contributed by atoms with E-state index in [1.807, 2.05) is 0 Å². The van der Waals surface area contributed by atoms with Crippen LogP contribution in [0.5, 0.6) is 17.2 Å². The molecule has 2 N–H and O–H groups in total. The summed E-state index contributed by atoms with van der Waals surface area (Å²) in [6.45, 7) is 0.285. The fourth-order valence-corrected chi connectivity index (χ4v) is 3.68. The fraction of sp³-hybridized carbons (Fsp3) is 0.130. The van der Waals surface area contributed by atoms with Gasteiger partial charge in [0.25, 0.3) is 5.91 Å². The molecule has 1 aliphatic heterocycles. The number of carbonyl (C=O) groups is 2. The summed E-state index contributed by atoms with van der Waals surface area (Å²) in [6.07, 6.45) is 0.367. The maximum Gasteiger partial charge on any atom is 0.311 e. The Kier molecular flexibility index (Phi) is 6.23. The molecule has 1 unspecified atom stereocenters. The average Bonchev–Trinajstić information content (AvgIpc) is 2.79. The molecule has 1 atom stereocenters. The van der Waals surface area contributed by atoms with E-state index in [2.05, 4.69) is 0 Å². The van der Waals surface area contributed by atoms with Crippen LogP contribution in [-0.4, -0.2) is 28.8 Å². The van der Waals surface area contributed by atoms with Gasteiger partial charge in [-0.3, -0.25) is 14.8 Å². The van der Waals surface area contributed by atoms with Crippen LogP contribution in [0.15, 0.2) is 60.7 Å². The zero-order valence-corrected chi connectivity index (χ0v) is 18.0. The van der Waals surface area contributed by atoms with Crippen molar-refractivity contribution in [1.82, 2.24) is 0 Å². The number of benzene rings is 3. The summed E-state index contributed by atoms with van der Waals surface area (Å²) in [5.74, 6) is -1.15. The number of hydroxylamine groups is 1. The Balaban J connectivity index is 1.51. The van der Waals surface area contributed by atoms with Gasteiger partial charge >= 0.3 is 5.97 Å². The lowest BCUT2D eigenvalue weighted by atomic mass is 9.93. The molecule has 1 heterocycles. The van der Waals surface area contributed by atoms with Crippen LogP contribution in [0.3, 0.4) is 0 Å². The van der Waals surface area contributed by atoms with Crippen LogP contribution in [0.4, 0.5) is 5.69 Å². The minimum Gasteiger partial charge on any atom is -0.493 e. The van der Waals surface area contributed by atoms with E-state index < -0.39 is 17.8 Å². The molecular weight excluding hydrogens is 457 g/mol. The molecule has 1 aliphatic rings. The van der Waals surface area contributed by atoms with Crippen molar-refractivity contribution in [3.63, 3.8) is 0 Å². The Bertz CT molecular complexity index is 1160. The molecule has 0 saturated carbocycles. The molecule has 0 bridgehead atoms. The van der Waals surface area contributed by atoms with E-state index in [-0.39, 0.29) is 22.9 Å². The third-order valence-electron chi connectivity index (χ3n) is 4.99. The van der Waals surface area contributed by atoms with Crippen molar-refractivity contribution in [3.05, 3.63) is 81.8 Å². The smallest absolute Gasteiger partial charge is 0.311 e. The summed E-state index contributed by atoms with van der Waals surface area (Å²) in [6, 6.07) is 15.4. The first-order valence-electron chi connectivity index (χ1n) is 9.59. The molecule has 1 amide bonds. The van der Waals surface area contributed by atoms with Gasteiger partial charge in [-0.15, -0.1) is 0 Å². The molecule has 3 aromatic rings. The number of carbonyl (C=O) groups excluding carboxylic acids is 1. The lowest BCUT2D eigenvalue weighted by Gasteiger charge is -2.24. The van der Waals surface area contributed by atoms with Crippen LogP contribution >= 0.6 is 23.2 Å². The number of carboxylic acid groups (broad SMARTS) is 1. The van der Waals surface area contributed by atoms with Crippen LogP contribution in [0.1, 0.15) is 28.3 Å². The highest BCUT2D eigenvalue weighted by Gasteiger charge is 2.29. The summed E-state index contributed by atoms with van der Waals surface area (Å²) < 4.78 is 11.4. The number of aliphatic carboxylic acids is 1. The van der Waals surface area contributed by atoms with Crippen LogP contribution in [0.2, 0.25) is 10.0 Å². The number of nitrogens with zero attached hydrogens (tertiary/aromatic N) is 1. The van der Waals surface area contributed by atoms with Gasteiger partial charge in [0.1, 0.15) is 17.2 Å². The lowest BCUT2D eigenvalue weighted by molar-refractivity contribution is -0.139. The molecule has 0 saturated heterocycles. The van der Waals surface area contributed by atoms with Gasteiger partial charge in [0.15, 0.2) is 0 Å². The van der Waals surface area contributed by atoms with E-state index in [0.29, 0.717) is 39.3 Å². The summed E-state index contributed by atoms with van der Waals surface area (Å²) in [5, 5.41) is 20.8. The second-order valence-corrected chi connectivity index (χ2v) is 7.91. The third kappa shape index (κ3) is 4.50. The first-order valence-corrected chi connectivity index (χ1v) is 10.3. The van der Waals surface area contributed by atoms with Crippen LogP contribution in [-0.2, 0) is 4.79 Å². The van der Waals surface area contributed by atoms with E-state index in [9.17, 15) is 19.9 Å². The van der Waals surface area contributed by atoms with Crippen molar-refractivity contribution in [1.29, 1.82) is 0 Å². The van der Waals surface area contributed by atoms with E-state index in [4.69, 9.17) is 32.7 Å². The predicted molar refractivity (Wildman–Crippen MR) is 119 cm³/mol. The molecule has 0 aliphatic carbocycles. The third-order valence-corrected chi connectivity index (χ3v) is 5.54. The first kappa shape index (κ1) is 22.0. The molecule has 32 heavy (non-hydrogen) atoms. The summed E-state index contributed by atoms with van der Waals surface area (Å²) >= 11 is 12.1. The normalized spacial score (nSPS) is 14.8. The van der Waals surface area contributed by atoms with E-state index in [0.717, 1.165) is 0 Å². The fourth-order valence-electron chi connectivity index (χ4n) is 3.34. The number of halogens is 2. The van der Waals surface area contributed by atoms with Crippen molar-refractivity contribution < 1.29 is 29.4 Å². The molecule has 164 valence electrons. The van der Waals surface area contributed by atoms with Crippen molar-refractivity contribution in [3.8, 4) is 17.2 Å². The molecular formula is C23H17Cl2NO6. The maximum absolute atomic E-state index is 12.5. The Morgan fingerprint density at radius 2 is 1.72 bits per heavy atom. The minimum atomic E-state index is -0.934. The Morgan fingerprint density at radius 3 is 2.38 bits per heavy atom. The standard InChI is InChI=1S/C23H17Cl2NO6/c24-14-3-5-15(6-4-14)26(30)22(27)13-1-7-16(8-2-13)32-21-12-20-18(11-19(21)25)17(23(28)29)9-10-31-20/h1-8,11-12,17,30H,9-10H2,(H,28,29). The van der Waals surface area contributed by atoms with Gasteiger partial charge in [-0.25, -0.2) is 0 Å². The molecule has 3 aromatic carbocycles. The van der Waals surface area contributed by atoms with Gasteiger partial charge in [0.05, 0.1) is 23.2 Å². The quantitative estimate of drug-likeness (QED) is 0.360. The highest BCUT2D eigenvalue weighted by Crippen LogP contribution is 2.41. The average molecular weight is 474 g/mol. The topological polar surface area (TPSA) is 96.3 Å². The van der Waals surface area contributed by atoms with Crippen LogP contribution < -0.4 is 14.5 Å². The van der Waals surface area contributed by atoms with Crippen LogP contribution in [0.25, 0.3) is 0 Å². The molecule has 0 spiro atoms. The number of ether oxygens (including phenoxy) is 2. The molecule has 9 heteroatoms. The molecule has 0 aromatic heterocycles. The number of amides is 1. The number of hydrogen-bond acceptors (Lipinski definition) is 5. The molecule has 0 fully saturated rings. The summed E-state index contributed by atoms with van der Waals surface area (Å²) in [7, 11) is 0. The number of rotatable bonds is 5. The van der Waals surface area contributed by atoms with E-state index in [1.54, 1.807) is 30.3 Å². The van der Waals surface area contributed by atoms with Crippen molar-refractivity contribution in [2.24, 2.45) is 0 Å². The minimum absolute atomic E-state index is 0.235. The van der Waals surface area contributed by atoms with Gasteiger partial charge in [0.2, 0.25) is 0 Å². The zero-order valence-electron chi connectivity index (χ0n) is 16.5. The Hall–Kier alpha value is -3.26. The van der Waals surface area contributed by atoms with E-state index in [1.165, 1.54) is 30.3 Å². The monoisotopic (exact) mass is 473 g/mol. The zero-order chi connectivity index (χ0) is 22.8. The summed E-state index contributed by atoms with van der Waals surface area (Å²) in [5.41, 5.74) is 1.02. The Morgan fingerprint density at radius 1 is 1.03 bits per heavy atom. The largest absolute Gasteiger partial charge is 0.493 e. The maximum atomic E-state index is 12.5. The molecule has 7 nitrogen and oxygen atoms in total. The van der Waals surface area contributed by atoms with Gasteiger partial charge < -0.3 is 14.6 Å². The van der Waals surface area contributed by atoms with Gasteiger partial charge in [-0.2, -0.15) is 5.06 Å². The summed E-state index contributed by atoms with van der Waals surface area (Å²) in [4.78, 5) is 24.0. The number of hydrogen-bond donors (Lipinski definition) is 2. The SMILES string of the molecule is O=C(O)C1CCOc2cc(Oc3ccc(C(=O)N(O)c4ccc(Cl)cc4)cc3)c(Cl)cc21. The van der Waals surface area contributed by atoms with Crippen molar-refractivity contribution in [2.45, 2.75) is 12.3 Å². The second-order valence-electron chi connectivity index (χ2n) is 7.07. The highest BCUT2D eigenvalue weighted by molar-refractivity contribution is 6.32. The highest BCUT2D eigenvalue weighted by atomic mass is 35.5. The lowest BCUT2D eigenvalue weighted by Crippen LogP contribution is -2.26. The first-order chi connectivity index (χ1) is 15.3. The number of anilines is 1. The van der Waals surface area contributed by atoms with Crippen molar-refractivity contribution in [2.75, 3.05) is 11.7 Å². The van der Waals surface area contributed by atoms with Crippen molar-refractivity contribution >= 4 is 40.8 Å². The Labute approximate surface area is 193 Å². The van der Waals surface area contributed by atoms with Crippen LogP contribution in [0, 0.1) is 0 Å². The molecule has 4 rings (SSSR count). The van der Waals surface area contributed by atoms with Gasteiger partial charge in [-0.1, -0.05) is 23.2 Å². The van der Waals surface area contributed by atoms with E-state index >= 15 is 0 Å². The number of fused-ring (bicyclic) bond motifs is 1. The molecule has 0 radical (unpaired) electrons. The van der Waals surface area contributed by atoms with Gasteiger partial charge in [-0.05, 0) is 61.0 Å². The second kappa shape index (κ2) is 9.08.